The highest BCUT2D eigenvalue weighted by atomic mass is 16.3. The average molecular weight is 224 g/mol. The van der Waals surface area contributed by atoms with Crippen LogP contribution in [0.15, 0.2) is 24.3 Å². The smallest absolute Gasteiger partial charge is 0.0648 e. The van der Waals surface area contributed by atoms with E-state index in [1.54, 1.807) is 0 Å². The number of anilines is 1. The van der Waals surface area contributed by atoms with Gasteiger partial charge in [0.25, 0.3) is 0 Å². The summed E-state index contributed by atoms with van der Waals surface area (Å²) in [6, 6.07) is 7.56. The summed E-state index contributed by atoms with van der Waals surface area (Å²) in [5.74, 6) is 0. The van der Waals surface area contributed by atoms with Crippen molar-refractivity contribution in [2.24, 2.45) is 0 Å². The summed E-state index contributed by atoms with van der Waals surface area (Å²) < 4.78 is 0. The maximum absolute atomic E-state index is 9.27. The predicted molar refractivity (Wildman–Crippen MR) is 64.9 cm³/mol. The number of para-hydroxylation sites is 1. The fraction of sp³-hybridized carbons (Fsp3) is 0.500. The second-order valence-electron chi connectivity index (χ2n) is 4.00. The SMILES string of the molecule is CCC(CO)(CO)NCc1ccccc1N. The third-order valence-corrected chi connectivity index (χ3v) is 2.99. The average Bonchev–Trinajstić information content (AvgIpc) is 2.34. The number of nitrogens with one attached hydrogen (secondary N) is 1. The van der Waals surface area contributed by atoms with E-state index in [1.807, 2.05) is 31.2 Å². The Morgan fingerprint density at radius 2 is 1.88 bits per heavy atom. The highest BCUT2D eigenvalue weighted by Crippen LogP contribution is 2.14. The molecule has 0 aliphatic carbocycles. The molecule has 90 valence electrons. The lowest BCUT2D eigenvalue weighted by Gasteiger charge is -2.30. The molecule has 0 bridgehead atoms. The van der Waals surface area contributed by atoms with Gasteiger partial charge >= 0.3 is 0 Å². The summed E-state index contributed by atoms with van der Waals surface area (Å²) in [5, 5.41) is 21.7. The lowest BCUT2D eigenvalue weighted by molar-refractivity contribution is 0.0864. The molecule has 0 spiro atoms. The van der Waals surface area contributed by atoms with Crippen molar-refractivity contribution in [1.82, 2.24) is 5.32 Å². The Morgan fingerprint density at radius 3 is 2.38 bits per heavy atom. The number of nitrogen functional groups attached to an aromatic ring is 1. The van der Waals surface area contributed by atoms with Gasteiger partial charge in [0, 0.05) is 12.2 Å². The molecule has 0 amide bonds. The van der Waals surface area contributed by atoms with Crippen LogP contribution in [0.4, 0.5) is 5.69 Å². The zero-order valence-corrected chi connectivity index (χ0v) is 9.61. The second-order valence-corrected chi connectivity index (χ2v) is 4.00. The van der Waals surface area contributed by atoms with Crippen LogP contribution in [0.5, 0.6) is 0 Å². The van der Waals surface area contributed by atoms with E-state index < -0.39 is 5.54 Å². The van der Waals surface area contributed by atoms with E-state index in [0.29, 0.717) is 13.0 Å². The molecule has 0 heterocycles. The molecule has 1 aromatic carbocycles. The van der Waals surface area contributed by atoms with Gasteiger partial charge in [0.15, 0.2) is 0 Å². The first kappa shape index (κ1) is 13.0. The highest BCUT2D eigenvalue weighted by molar-refractivity contribution is 5.46. The first-order valence-electron chi connectivity index (χ1n) is 5.47. The number of rotatable bonds is 6. The van der Waals surface area contributed by atoms with Crippen molar-refractivity contribution in [3.63, 3.8) is 0 Å². The summed E-state index contributed by atoms with van der Waals surface area (Å²) >= 11 is 0. The molecule has 0 aromatic heterocycles. The molecule has 16 heavy (non-hydrogen) atoms. The quantitative estimate of drug-likeness (QED) is 0.530. The third-order valence-electron chi connectivity index (χ3n) is 2.99. The van der Waals surface area contributed by atoms with Crippen LogP contribution in [0.1, 0.15) is 18.9 Å². The molecule has 0 atom stereocenters. The lowest BCUT2D eigenvalue weighted by atomic mass is 9.98. The number of hydrogen-bond acceptors (Lipinski definition) is 4. The number of benzene rings is 1. The summed E-state index contributed by atoms with van der Waals surface area (Å²) in [4.78, 5) is 0. The van der Waals surface area contributed by atoms with E-state index in [9.17, 15) is 10.2 Å². The van der Waals surface area contributed by atoms with Gasteiger partial charge in [0.05, 0.1) is 18.8 Å². The summed E-state index contributed by atoms with van der Waals surface area (Å²) in [5.41, 5.74) is 6.88. The fourth-order valence-electron chi connectivity index (χ4n) is 1.49. The van der Waals surface area contributed by atoms with Gasteiger partial charge < -0.3 is 21.3 Å². The number of aliphatic hydroxyl groups is 2. The van der Waals surface area contributed by atoms with Crippen LogP contribution < -0.4 is 11.1 Å². The minimum atomic E-state index is -0.623. The molecule has 0 fully saturated rings. The van der Waals surface area contributed by atoms with Crippen LogP contribution in [0.25, 0.3) is 0 Å². The Balaban J connectivity index is 2.66. The Labute approximate surface area is 96.1 Å². The number of aliphatic hydroxyl groups excluding tert-OH is 2. The van der Waals surface area contributed by atoms with Crippen molar-refractivity contribution in [3.8, 4) is 0 Å². The zero-order valence-electron chi connectivity index (χ0n) is 9.61. The van der Waals surface area contributed by atoms with Crippen molar-refractivity contribution < 1.29 is 10.2 Å². The largest absolute Gasteiger partial charge is 0.398 e. The van der Waals surface area contributed by atoms with Crippen molar-refractivity contribution >= 4 is 5.69 Å². The van der Waals surface area contributed by atoms with E-state index in [4.69, 9.17) is 5.73 Å². The van der Waals surface area contributed by atoms with Gasteiger partial charge in [-0.2, -0.15) is 0 Å². The van der Waals surface area contributed by atoms with E-state index in [1.165, 1.54) is 0 Å². The molecule has 1 rings (SSSR count). The molecule has 0 aliphatic rings. The summed E-state index contributed by atoms with van der Waals surface area (Å²) in [6.45, 7) is 2.29. The molecular weight excluding hydrogens is 204 g/mol. The van der Waals surface area contributed by atoms with E-state index >= 15 is 0 Å². The van der Waals surface area contributed by atoms with Gasteiger partial charge in [0.1, 0.15) is 0 Å². The van der Waals surface area contributed by atoms with Gasteiger partial charge in [-0.25, -0.2) is 0 Å². The molecule has 4 heteroatoms. The molecule has 1 aromatic rings. The van der Waals surface area contributed by atoms with Gasteiger partial charge in [0.2, 0.25) is 0 Å². The Hall–Kier alpha value is -1.10. The molecule has 0 saturated heterocycles. The third kappa shape index (κ3) is 2.95. The molecule has 0 aliphatic heterocycles. The Bertz CT molecular complexity index is 316. The number of nitrogens with two attached hydrogens (primary N) is 1. The van der Waals surface area contributed by atoms with Crippen molar-refractivity contribution in [2.45, 2.75) is 25.4 Å². The normalized spacial score (nSPS) is 11.7. The molecule has 0 saturated carbocycles. The monoisotopic (exact) mass is 224 g/mol. The minimum Gasteiger partial charge on any atom is -0.398 e. The van der Waals surface area contributed by atoms with Crippen molar-refractivity contribution in [2.75, 3.05) is 18.9 Å². The fourth-order valence-corrected chi connectivity index (χ4v) is 1.49. The van der Waals surface area contributed by atoms with Crippen LogP contribution in [-0.4, -0.2) is 29.0 Å². The minimum absolute atomic E-state index is 0.0905. The van der Waals surface area contributed by atoms with Crippen LogP contribution in [0.3, 0.4) is 0 Å². The van der Waals surface area contributed by atoms with Crippen LogP contribution >= 0.6 is 0 Å². The first-order chi connectivity index (χ1) is 7.67. The van der Waals surface area contributed by atoms with Crippen LogP contribution in [-0.2, 0) is 6.54 Å². The summed E-state index contributed by atoms with van der Waals surface area (Å²) in [7, 11) is 0. The lowest BCUT2D eigenvalue weighted by Crippen LogP contribution is -2.50. The number of hydrogen-bond donors (Lipinski definition) is 4. The molecule has 4 nitrogen and oxygen atoms in total. The van der Waals surface area contributed by atoms with E-state index in [2.05, 4.69) is 5.32 Å². The Kier molecular flexibility index (Phi) is 4.73. The predicted octanol–water partition coefficient (Wildman–Crippen LogP) is 0.492. The maximum Gasteiger partial charge on any atom is 0.0648 e. The van der Waals surface area contributed by atoms with Crippen LogP contribution in [0.2, 0.25) is 0 Å². The van der Waals surface area contributed by atoms with Gasteiger partial charge in [-0.3, -0.25) is 0 Å². The zero-order chi connectivity index (χ0) is 12.0. The van der Waals surface area contributed by atoms with Gasteiger partial charge in [-0.15, -0.1) is 0 Å². The van der Waals surface area contributed by atoms with E-state index in [0.717, 1.165) is 11.3 Å². The van der Waals surface area contributed by atoms with Gasteiger partial charge in [-0.1, -0.05) is 25.1 Å². The van der Waals surface area contributed by atoms with Gasteiger partial charge in [-0.05, 0) is 18.1 Å². The Morgan fingerprint density at radius 1 is 1.25 bits per heavy atom. The standard InChI is InChI=1S/C12H20N2O2/c1-2-12(8-15,9-16)14-7-10-5-3-4-6-11(10)13/h3-6,14-16H,2,7-9,13H2,1H3. The van der Waals surface area contributed by atoms with E-state index in [-0.39, 0.29) is 13.2 Å². The molecule has 0 radical (unpaired) electrons. The molecule has 5 N–H and O–H groups in total. The van der Waals surface area contributed by atoms with Crippen molar-refractivity contribution in [1.29, 1.82) is 0 Å². The maximum atomic E-state index is 9.27. The highest BCUT2D eigenvalue weighted by Gasteiger charge is 2.25. The van der Waals surface area contributed by atoms with Crippen molar-refractivity contribution in [3.05, 3.63) is 29.8 Å². The first-order valence-corrected chi connectivity index (χ1v) is 5.47. The summed E-state index contributed by atoms with van der Waals surface area (Å²) in [6.07, 6.45) is 0.659. The molecule has 0 unspecified atom stereocenters. The topological polar surface area (TPSA) is 78.5 Å². The van der Waals surface area contributed by atoms with Crippen LogP contribution in [0, 0.1) is 0 Å². The second kappa shape index (κ2) is 5.84. The molecular formula is C12H20N2O2.